The summed E-state index contributed by atoms with van der Waals surface area (Å²) in [6.07, 6.45) is 2.15. The Morgan fingerprint density at radius 1 is 1.23 bits per heavy atom. The van der Waals surface area contributed by atoms with Crippen molar-refractivity contribution >= 4 is 11.9 Å². The smallest absolute Gasteiger partial charge is 0.306 e. The second-order valence-corrected chi connectivity index (χ2v) is 6.01. The Morgan fingerprint density at radius 2 is 1.95 bits per heavy atom. The van der Waals surface area contributed by atoms with Gasteiger partial charge in [0.1, 0.15) is 0 Å². The predicted octanol–water partition coefficient (Wildman–Crippen LogP) is 2.01. The van der Waals surface area contributed by atoms with Crippen molar-refractivity contribution in [3.8, 4) is 0 Å². The zero-order chi connectivity index (χ0) is 15.5. The van der Waals surface area contributed by atoms with E-state index in [0.717, 1.165) is 12.0 Å². The maximum absolute atomic E-state index is 12.5. The number of carbonyl (C=O) groups excluding carboxylic acids is 1. The molecule has 118 valence electrons. The highest BCUT2D eigenvalue weighted by atomic mass is 16.5. The Kier molecular flexibility index (Phi) is 4.43. The Morgan fingerprint density at radius 3 is 2.68 bits per heavy atom. The monoisotopic (exact) mass is 303 g/mol. The van der Waals surface area contributed by atoms with E-state index in [2.05, 4.69) is 6.07 Å². The molecule has 1 aromatic carbocycles. The van der Waals surface area contributed by atoms with Crippen LogP contribution < -0.4 is 0 Å². The van der Waals surface area contributed by atoms with Crippen LogP contribution in [0.2, 0.25) is 0 Å². The number of carbonyl (C=O) groups is 2. The number of carboxylic acids is 1. The van der Waals surface area contributed by atoms with Crippen LogP contribution in [0.4, 0.5) is 0 Å². The van der Waals surface area contributed by atoms with E-state index in [1.165, 1.54) is 5.56 Å². The van der Waals surface area contributed by atoms with E-state index in [0.29, 0.717) is 39.0 Å². The van der Waals surface area contributed by atoms with Gasteiger partial charge in [0.05, 0.1) is 25.0 Å². The van der Waals surface area contributed by atoms with Crippen molar-refractivity contribution in [2.75, 3.05) is 19.7 Å². The van der Waals surface area contributed by atoms with E-state index < -0.39 is 5.97 Å². The summed E-state index contributed by atoms with van der Waals surface area (Å²) in [5, 5.41) is 9.01. The molecule has 22 heavy (non-hydrogen) atoms. The summed E-state index contributed by atoms with van der Waals surface area (Å²) in [6, 6.07) is 8.11. The number of fused-ring (bicyclic) bond motifs is 1. The zero-order valence-corrected chi connectivity index (χ0v) is 12.5. The van der Waals surface area contributed by atoms with Crippen LogP contribution in [0.1, 0.15) is 36.5 Å². The maximum atomic E-state index is 12.5. The standard InChI is InChI=1S/C17H21NO4/c19-16(18-8-5-13(6-9-18)17(20)21)11-15-14-4-2-1-3-12(14)7-10-22-15/h1-4,13,15H,5-11H2,(H,20,21)/t15-/m0/s1. The molecule has 2 aliphatic heterocycles. The van der Waals surface area contributed by atoms with Gasteiger partial charge in [0, 0.05) is 13.1 Å². The van der Waals surface area contributed by atoms with Crippen LogP contribution >= 0.6 is 0 Å². The number of rotatable bonds is 3. The molecule has 0 saturated carbocycles. The number of hydrogen-bond acceptors (Lipinski definition) is 3. The van der Waals surface area contributed by atoms with Crippen LogP contribution in [-0.4, -0.2) is 41.6 Å². The van der Waals surface area contributed by atoms with E-state index in [4.69, 9.17) is 9.84 Å². The molecule has 0 unspecified atom stereocenters. The third-order valence-corrected chi connectivity index (χ3v) is 4.65. The van der Waals surface area contributed by atoms with Crippen molar-refractivity contribution < 1.29 is 19.4 Å². The summed E-state index contributed by atoms with van der Waals surface area (Å²) in [5.74, 6) is -1.00. The largest absolute Gasteiger partial charge is 0.481 e. The van der Waals surface area contributed by atoms with E-state index in [9.17, 15) is 9.59 Å². The highest BCUT2D eigenvalue weighted by molar-refractivity contribution is 5.77. The van der Waals surface area contributed by atoms with Gasteiger partial charge in [0.25, 0.3) is 0 Å². The first-order chi connectivity index (χ1) is 10.6. The number of carboxylic acid groups (broad SMARTS) is 1. The van der Waals surface area contributed by atoms with Gasteiger partial charge in [-0.2, -0.15) is 0 Å². The molecule has 2 heterocycles. The van der Waals surface area contributed by atoms with Crippen molar-refractivity contribution in [2.45, 2.75) is 31.8 Å². The van der Waals surface area contributed by atoms with Crippen molar-refractivity contribution in [1.82, 2.24) is 4.90 Å². The molecular formula is C17H21NO4. The lowest BCUT2D eigenvalue weighted by molar-refractivity contribution is -0.146. The lowest BCUT2D eigenvalue weighted by atomic mass is 9.94. The van der Waals surface area contributed by atoms with Gasteiger partial charge in [-0.15, -0.1) is 0 Å². The van der Waals surface area contributed by atoms with Crippen LogP contribution in [0.3, 0.4) is 0 Å². The van der Waals surface area contributed by atoms with Gasteiger partial charge in [-0.1, -0.05) is 24.3 Å². The number of nitrogens with zero attached hydrogens (tertiary/aromatic N) is 1. The molecule has 0 aliphatic carbocycles. The SMILES string of the molecule is O=C(O)C1CCN(C(=O)C[C@@H]2OCCc3ccccc32)CC1. The third kappa shape index (κ3) is 3.14. The number of benzene rings is 1. The molecule has 1 atom stereocenters. The van der Waals surface area contributed by atoms with Crippen LogP contribution in [0, 0.1) is 5.92 Å². The highest BCUT2D eigenvalue weighted by Gasteiger charge is 2.30. The van der Waals surface area contributed by atoms with Crippen LogP contribution in [0.25, 0.3) is 0 Å². The molecule has 3 rings (SSSR count). The summed E-state index contributed by atoms with van der Waals surface area (Å²) >= 11 is 0. The quantitative estimate of drug-likeness (QED) is 0.927. The number of amides is 1. The van der Waals surface area contributed by atoms with Crippen molar-refractivity contribution in [3.63, 3.8) is 0 Å². The van der Waals surface area contributed by atoms with Crippen molar-refractivity contribution in [1.29, 1.82) is 0 Å². The molecule has 1 amide bonds. The second kappa shape index (κ2) is 6.48. The fourth-order valence-corrected chi connectivity index (χ4v) is 3.31. The lowest BCUT2D eigenvalue weighted by Gasteiger charge is -2.32. The first-order valence-electron chi connectivity index (χ1n) is 7.85. The number of likely N-dealkylation sites (tertiary alicyclic amines) is 1. The Hall–Kier alpha value is -1.88. The summed E-state index contributed by atoms with van der Waals surface area (Å²) in [4.78, 5) is 25.2. The minimum absolute atomic E-state index is 0.0607. The first kappa shape index (κ1) is 15.0. The number of ether oxygens (including phenoxy) is 1. The van der Waals surface area contributed by atoms with Gasteiger partial charge in [-0.05, 0) is 30.4 Å². The Bertz CT molecular complexity index is 564. The predicted molar refractivity (Wildman–Crippen MR) is 80.4 cm³/mol. The Balaban J connectivity index is 1.60. The van der Waals surface area contributed by atoms with E-state index in [1.807, 2.05) is 18.2 Å². The van der Waals surface area contributed by atoms with Gasteiger partial charge in [0.2, 0.25) is 5.91 Å². The van der Waals surface area contributed by atoms with Crippen LogP contribution in [0.15, 0.2) is 24.3 Å². The molecule has 1 aromatic rings. The zero-order valence-electron chi connectivity index (χ0n) is 12.5. The molecule has 5 heteroatoms. The molecule has 1 N–H and O–H groups in total. The first-order valence-corrected chi connectivity index (χ1v) is 7.85. The number of piperidine rings is 1. The minimum Gasteiger partial charge on any atom is -0.481 e. The molecule has 0 aromatic heterocycles. The number of aliphatic carboxylic acids is 1. The average Bonchev–Trinajstić information content (AvgIpc) is 2.55. The van der Waals surface area contributed by atoms with Crippen LogP contribution in [0.5, 0.6) is 0 Å². The fraction of sp³-hybridized carbons (Fsp3) is 0.529. The molecule has 5 nitrogen and oxygen atoms in total. The highest BCUT2D eigenvalue weighted by Crippen LogP contribution is 2.30. The summed E-state index contributed by atoms with van der Waals surface area (Å²) in [7, 11) is 0. The van der Waals surface area contributed by atoms with Crippen molar-refractivity contribution in [3.05, 3.63) is 35.4 Å². The minimum atomic E-state index is -0.753. The summed E-state index contributed by atoms with van der Waals surface area (Å²) < 4.78 is 5.78. The van der Waals surface area contributed by atoms with Gasteiger partial charge in [-0.3, -0.25) is 9.59 Å². The maximum Gasteiger partial charge on any atom is 0.306 e. The van der Waals surface area contributed by atoms with Gasteiger partial charge in [-0.25, -0.2) is 0 Å². The van der Waals surface area contributed by atoms with Crippen LogP contribution in [-0.2, 0) is 20.7 Å². The van der Waals surface area contributed by atoms with Gasteiger partial charge >= 0.3 is 5.97 Å². The molecule has 0 bridgehead atoms. The summed E-state index contributed by atoms with van der Waals surface area (Å²) in [5.41, 5.74) is 2.37. The Labute approximate surface area is 129 Å². The second-order valence-electron chi connectivity index (χ2n) is 6.01. The lowest BCUT2D eigenvalue weighted by Crippen LogP contribution is -2.41. The average molecular weight is 303 g/mol. The molecule has 1 saturated heterocycles. The topological polar surface area (TPSA) is 66.8 Å². The van der Waals surface area contributed by atoms with Crippen molar-refractivity contribution in [2.24, 2.45) is 5.92 Å². The van der Waals surface area contributed by atoms with Gasteiger partial charge in [0.15, 0.2) is 0 Å². The van der Waals surface area contributed by atoms with E-state index in [-0.39, 0.29) is 17.9 Å². The molecule has 0 radical (unpaired) electrons. The molecule has 0 spiro atoms. The van der Waals surface area contributed by atoms with E-state index in [1.54, 1.807) is 4.90 Å². The molecule has 1 fully saturated rings. The summed E-state index contributed by atoms with van der Waals surface area (Å²) in [6.45, 7) is 1.71. The van der Waals surface area contributed by atoms with E-state index >= 15 is 0 Å². The molecular weight excluding hydrogens is 282 g/mol. The number of hydrogen-bond donors (Lipinski definition) is 1. The third-order valence-electron chi connectivity index (χ3n) is 4.65. The fourth-order valence-electron chi connectivity index (χ4n) is 3.31. The van der Waals surface area contributed by atoms with Gasteiger partial charge < -0.3 is 14.7 Å². The normalized spacial score (nSPS) is 22.2. The molecule has 2 aliphatic rings.